The van der Waals surface area contributed by atoms with Gasteiger partial charge in [0.05, 0.1) is 6.10 Å². The lowest BCUT2D eigenvalue weighted by Crippen LogP contribution is -2.29. The molecule has 0 heterocycles. The number of aliphatic hydroxyl groups is 1. The first kappa shape index (κ1) is 8.56. The molecule has 0 radical (unpaired) electrons. The molecule has 2 aliphatic rings. The Balaban J connectivity index is 2.27. The van der Waals surface area contributed by atoms with E-state index in [9.17, 15) is 19.5 Å². The van der Waals surface area contributed by atoms with Crippen LogP contribution in [-0.2, 0) is 14.4 Å². The van der Waals surface area contributed by atoms with Crippen molar-refractivity contribution in [2.24, 2.45) is 11.8 Å². The molecule has 4 heteroatoms. The van der Waals surface area contributed by atoms with Crippen molar-refractivity contribution in [3.63, 3.8) is 0 Å². The number of Topliss-reactive ketones (excluding diaryl/α,β-unsaturated/α-hetero) is 3. The van der Waals surface area contributed by atoms with Gasteiger partial charge in [0, 0.05) is 11.8 Å². The zero-order valence-corrected chi connectivity index (χ0v) is 7.03. The van der Waals surface area contributed by atoms with Gasteiger partial charge < -0.3 is 5.11 Å². The third-order valence-corrected chi connectivity index (χ3v) is 2.94. The first-order valence-electron chi connectivity index (χ1n) is 4.41. The molecule has 70 valence electrons. The van der Waals surface area contributed by atoms with Gasteiger partial charge in [-0.2, -0.15) is 0 Å². The predicted molar refractivity (Wildman–Crippen MR) is 41.9 cm³/mol. The maximum atomic E-state index is 11.2. The zero-order chi connectivity index (χ0) is 9.59. The number of hydrogen-bond donors (Lipinski definition) is 1. The fraction of sp³-hybridized carbons (Fsp3) is 0.667. The van der Waals surface area contributed by atoms with E-state index in [0.29, 0.717) is 12.8 Å². The fourth-order valence-electron chi connectivity index (χ4n) is 2.21. The molecule has 13 heavy (non-hydrogen) atoms. The highest BCUT2D eigenvalue weighted by Gasteiger charge is 2.50. The van der Waals surface area contributed by atoms with E-state index in [1.54, 1.807) is 0 Å². The molecule has 0 aromatic carbocycles. The molecule has 3 atom stereocenters. The predicted octanol–water partition coefficient (Wildman–Crippen LogP) is -0.516. The summed E-state index contributed by atoms with van der Waals surface area (Å²) >= 11 is 0. The van der Waals surface area contributed by atoms with E-state index in [2.05, 4.69) is 0 Å². The molecular formula is C9H10O4. The van der Waals surface area contributed by atoms with Crippen LogP contribution in [0, 0.1) is 11.8 Å². The minimum Gasteiger partial charge on any atom is -0.393 e. The molecule has 0 amide bonds. The second-order valence-corrected chi connectivity index (χ2v) is 3.74. The van der Waals surface area contributed by atoms with Crippen molar-refractivity contribution in [2.45, 2.75) is 25.4 Å². The van der Waals surface area contributed by atoms with Crippen LogP contribution < -0.4 is 0 Å². The second kappa shape index (κ2) is 2.73. The van der Waals surface area contributed by atoms with Crippen molar-refractivity contribution in [3.05, 3.63) is 0 Å². The van der Waals surface area contributed by atoms with Crippen molar-refractivity contribution < 1.29 is 19.5 Å². The Morgan fingerprint density at radius 1 is 1.00 bits per heavy atom. The van der Waals surface area contributed by atoms with E-state index < -0.39 is 35.3 Å². The average Bonchev–Trinajstić information content (AvgIpc) is 2.32. The maximum absolute atomic E-state index is 11.2. The van der Waals surface area contributed by atoms with Gasteiger partial charge in [-0.25, -0.2) is 0 Å². The summed E-state index contributed by atoms with van der Waals surface area (Å²) in [5, 5.41) is 9.27. The highest BCUT2D eigenvalue weighted by molar-refractivity contribution is 6.68. The highest BCUT2D eigenvalue weighted by atomic mass is 16.3. The lowest BCUT2D eigenvalue weighted by atomic mass is 9.80. The zero-order valence-electron chi connectivity index (χ0n) is 7.03. The van der Waals surface area contributed by atoms with Crippen molar-refractivity contribution in [1.29, 1.82) is 0 Å². The molecule has 0 aromatic heterocycles. The van der Waals surface area contributed by atoms with Gasteiger partial charge in [-0.05, 0) is 19.3 Å². The number of carbonyl (C=O) groups is 3. The number of hydrogen-bond acceptors (Lipinski definition) is 4. The average molecular weight is 182 g/mol. The Hall–Kier alpha value is -1.03. The van der Waals surface area contributed by atoms with E-state index >= 15 is 0 Å². The lowest BCUT2D eigenvalue weighted by molar-refractivity contribution is -0.141. The molecule has 0 aromatic rings. The number of aliphatic hydroxyl groups excluding tert-OH is 1. The standard InChI is InChI=1S/C9H10O4/c10-4-1-2-5-6(3-4)8(12)9(13)7(5)11/h4-6,10H,1-3H2. The molecule has 4 nitrogen and oxygen atoms in total. The SMILES string of the molecule is O=C1C(=O)C2CCC(O)CC2C1=O. The smallest absolute Gasteiger partial charge is 0.264 e. The van der Waals surface area contributed by atoms with Crippen LogP contribution in [0.2, 0.25) is 0 Å². The van der Waals surface area contributed by atoms with Gasteiger partial charge in [-0.1, -0.05) is 0 Å². The molecule has 2 fully saturated rings. The van der Waals surface area contributed by atoms with Gasteiger partial charge in [0.15, 0.2) is 0 Å². The second-order valence-electron chi connectivity index (χ2n) is 3.74. The lowest BCUT2D eigenvalue weighted by Gasteiger charge is -2.25. The number of rotatable bonds is 0. The molecule has 1 N–H and O–H groups in total. The quantitative estimate of drug-likeness (QED) is 0.512. The van der Waals surface area contributed by atoms with E-state index in [1.807, 2.05) is 0 Å². The summed E-state index contributed by atoms with van der Waals surface area (Å²) in [4.78, 5) is 33.4. The summed E-state index contributed by atoms with van der Waals surface area (Å²) in [6.45, 7) is 0. The fourth-order valence-corrected chi connectivity index (χ4v) is 2.21. The molecule has 0 spiro atoms. The molecular weight excluding hydrogens is 172 g/mol. The van der Waals surface area contributed by atoms with E-state index in [1.165, 1.54) is 0 Å². The van der Waals surface area contributed by atoms with Crippen molar-refractivity contribution in [1.82, 2.24) is 0 Å². The van der Waals surface area contributed by atoms with Crippen LogP contribution in [0.15, 0.2) is 0 Å². The molecule has 3 unspecified atom stereocenters. The first-order chi connectivity index (χ1) is 6.11. The first-order valence-corrected chi connectivity index (χ1v) is 4.41. The number of carbonyl (C=O) groups excluding carboxylic acids is 3. The Bertz CT molecular complexity index is 294. The topological polar surface area (TPSA) is 71.4 Å². The summed E-state index contributed by atoms with van der Waals surface area (Å²) in [5.74, 6) is -2.94. The third kappa shape index (κ3) is 1.13. The Kier molecular flexibility index (Phi) is 1.80. The number of ketones is 3. The Labute approximate surface area is 74.9 Å². The molecule has 2 rings (SSSR count). The summed E-state index contributed by atoms with van der Waals surface area (Å²) in [5.41, 5.74) is 0. The van der Waals surface area contributed by atoms with Crippen LogP contribution in [0.3, 0.4) is 0 Å². The number of fused-ring (bicyclic) bond motifs is 1. The molecule has 0 bridgehead atoms. The molecule has 2 aliphatic carbocycles. The molecule has 2 saturated carbocycles. The van der Waals surface area contributed by atoms with Crippen molar-refractivity contribution in [2.75, 3.05) is 0 Å². The van der Waals surface area contributed by atoms with Gasteiger partial charge in [0.25, 0.3) is 5.78 Å². The van der Waals surface area contributed by atoms with Crippen LogP contribution in [0.25, 0.3) is 0 Å². The van der Waals surface area contributed by atoms with E-state index in [0.717, 1.165) is 0 Å². The molecule has 0 saturated heterocycles. The minimum atomic E-state index is -0.857. The normalized spacial score (nSPS) is 39.5. The van der Waals surface area contributed by atoms with Crippen molar-refractivity contribution in [3.8, 4) is 0 Å². The van der Waals surface area contributed by atoms with E-state index in [4.69, 9.17) is 0 Å². The minimum absolute atomic E-state index is 0.279. The summed E-state index contributed by atoms with van der Waals surface area (Å²) in [6, 6.07) is 0. The largest absolute Gasteiger partial charge is 0.393 e. The van der Waals surface area contributed by atoms with Gasteiger partial charge in [-0.3, -0.25) is 14.4 Å². The summed E-state index contributed by atoms with van der Waals surface area (Å²) < 4.78 is 0. The van der Waals surface area contributed by atoms with Gasteiger partial charge in [0.2, 0.25) is 11.6 Å². The van der Waals surface area contributed by atoms with E-state index in [-0.39, 0.29) is 6.42 Å². The van der Waals surface area contributed by atoms with Crippen LogP contribution in [0.4, 0.5) is 0 Å². The van der Waals surface area contributed by atoms with Crippen LogP contribution in [-0.4, -0.2) is 28.6 Å². The van der Waals surface area contributed by atoms with Gasteiger partial charge in [-0.15, -0.1) is 0 Å². The molecule has 0 aliphatic heterocycles. The summed E-state index contributed by atoms with van der Waals surface area (Å²) in [7, 11) is 0. The van der Waals surface area contributed by atoms with Crippen molar-refractivity contribution >= 4 is 17.3 Å². The van der Waals surface area contributed by atoms with Gasteiger partial charge >= 0.3 is 0 Å². The monoisotopic (exact) mass is 182 g/mol. The van der Waals surface area contributed by atoms with Crippen LogP contribution >= 0.6 is 0 Å². The maximum Gasteiger partial charge on any atom is 0.264 e. The van der Waals surface area contributed by atoms with Gasteiger partial charge in [0.1, 0.15) is 0 Å². The Morgan fingerprint density at radius 2 is 1.62 bits per heavy atom. The highest BCUT2D eigenvalue weighted by Crippen LogP contribution is 2.36. The van der Waals surface area contributed by atoms with Crippen LogP contribution in [0.1, 0.15) is 19.3 Å². The summed E-state index contributed by atoms with van der Waals surface area (Å²) in [6.07, 6.45) is 0.750. The van der Waals surface area contributed by atoms with Crippen LogP contribution in [0.5, 0.6) is 0 Å². The third-order valence-electron chi connectivity index (χ3n) is 2.94. The Morgan fingerprint density at radius 3 is 2.31 bits per heavy atom.